The Bertz CT molecular complexity index is 507. The van der Waals surface area contributed by atoms with E-state index in [4.69, 9.17) is 23.7 Å². The minimum Gasteiger partial charge on any atom is -0.385 e. The van der Waals surface area contributed by atoms with Crippen molar-refractivity contribution in [1.29, 1.82) is 0 Å². The molecule has 0 amide bonds. The summed E-state index contributed by atoms with van der Waals surface area (Å²) >= 11 is 0. The van der Waals surface area contributed by atoms with Crippen molar-refractivity contribution in [2.75, 3.05) is 20.3 Å². The molecule has 1 aromatic rings. The van der Waals surface area contributed by atoms with E-state index >= 15 is 0 Å². The molecule has 2 aliphatic rings. The fraction of sp³-hybridized carbons (Fsp3) is 0.529. The van der Waals surface area contributed by atoms with E-state index in [2.05, 4.69) is 6.58 Å². The van der Waals surface area contributed by atoms with Crippen LogP contribution >= 0.6 is 0 Å². The lowest BCUT2D eigenvalue weighted by Crippen LogP contribution is -2.62. The first kappa shape index (κ1) is 16.6. The average molecular weight is 322 g/mol. The van der Waals surface area contributed by atoms with Crippen LogP contribution in [0.1, 0.15) is 11.9 Å². The number of hydrogen-bond acceptors (Lipinski definition) is 6. The van der Waals surface area contributed by atoms with Crippen LogP contribution in [0, 0.1) is 0 Å². The lowest BCUT2D eigenvalue weighted by atomic mass is 9.97. The Morgan fingerprint density at radius 3 is 2.78 bits per heavy atom. The SMILES string of the molecule is C=CCOC1C(O)[C@H](OC)OC2COC(c3ccccc3)O[C@@H]21. The smallest absolute Gasteiger partial charge is 0.186 e. The summed E-state index contributed by atoms with van der Waals surface area (Å²) in [5.41, 5.74) is 0.914. The van der Waals surface area contributed by atoms with Crippen LogP contribution in [0.2, 0.25) is 0 Å². The van der Waals surface area contributed by atoms with E-state index in [0.717, 1.165) is 5.56 Å². The Labute approximate surface area is 135 Å². The van der Waals surface area contributed by atoms with Gasteiger partial charge in [0.15, 0.2) is 12.6 Å². The van der Waals surface area contributed by atoms with Gasteiger partial charge in [-0.05, 0) is 0 Å². The average Bonchev–Trinajstić information content (AvgIpc) is 2.61. The van der Waals surface area contributed by atoms with E-state index in [1.165, 1.54) is 7.11 Å². The van der Waals surface area contributed by atoms with Crippen LogP contribution < -0.4 is 0 Å². The molecule has 1 N–H and O–H groups in total. The van der Waals surface area contributed by atoms with Gasteiger partial charge in [-0.25, -0.2) is 0 Å². The minimum atomic E-state index is -0.948. The van der Waals surface area contributed by atoms with Crippen molar-refractivity contribution in [2.24, 2.45) is 0 Å². The van der Waals surface area contributed by atoms with E-state index in [1.807, 2.05) is 30.3 Å². The Hall–Kier alpha value is -1.28. The van der Waals surface area contributed by atoms with Gasteiger partial charge < -0.3 is 28.8 Å². The standard InChI is InChI=1S/C17H22O6/c1-3-9-20-15-13(18)17(19-2)22-12-10-21-16(23-14(12)15)11-7-5-4-6-8-11/h3-8,12-18H,1,9-10H2,2H3/t12?,13?,14-,15?,16?,17+/m0/s1. The first-order valence-corrected chi connectivity index (χ1v) is 7.65. The fourth-order valence-corrected chi connectivity index (χ4v) is 2.91. The maximum atomic E-state index is 10.4. The number of methoxy groups -OCH3 is 1. The Balaban J connectivity index is 1.77. The van der Waals surface area contributed by atoms with Crippen molar-refractivity contribution in [3.05, 3.63) is 48.6 Å². The molecule has 0 radical (unpaired) electrons. The van der Waals surface area contributed by atoms with Crippen LogP contribution in [-0.4, -0.2) is 56.1 Å². The van der Waals surface area contributed by atoms with Crippen molar-refractivity contribution in [3.63, 3.8) is 0 Å². The molecule has 2 aliphatic heterocycles. The highest BCUT2D eigenvalue weighted by molar-refractivity contribution is 5.16. The quantitative estimate of drug-likeness (QED) is 0.827. The van der Waals surface area contributed by atoms with Crippen LogP contribution in [0.15, 0.2) is 43.0 Å². The molecule has 6 heteroatoms. The molecule has 4 unspecified atom stereocenters. The number of aliphatic hydroxyl groups excluding tert-OH is 1. The van der Waals surface area contributed by atoms with Gasteiger partial charge in [-0.1, -0.05) is 36.4 Å². The van der Waals surface area contributed by atoms with Crippen LogP contribution in [0.4, 0.5) is 0 Å². The summed E-state index contributed by atoms with van der Waals surface area (Å²) in [6.07, 6.45) is -1.99. The first-order chi connectivity index (χ1) is 11.2. The zero-order valence-electron chi connectivity index (χ0n) is 13.0. The van der Waals surface area contributed by atoms with Gasteiger partial charge in [0.25, 0.3) is 0 Å². The molecule has 6 atom stereocenters. The molecule has 2 saturated heterocycles. The molecule has 0 bridgehead atoms. The zero-order valence-corrected chi connectivity index (χ0v) is 13.0. The predicted molar refractivity (Wildman–Crippen MR) is 81.6 cm³/mol. The zero-order chi connectivity index (χ0) is 16.2. The molecule has 0 aliphatic carbocycles. The van der Waals surface area contributed by atoms with Crippen molar-refractivity contribution < 1.29 is 28.8 Å². The summed E-state index contributed by atoms with van der Waals surface area (Å²) in [7, 11) is 1.48. The Morgan fingerprint density at radius 1 is 1.30 bits per heavy atom. The molecule has 0 spiro atoms. The van der Waals surface area contributed by atoms with Crippen molar-refractivity contribution >= 4 is 0 Å². The van der Waals surface area contributed by atoms with E-state index in [1.54, 1.807) is 6.08 Å². The molecular formula is C17H22O6. The van der Waals surface area contributed by atoms with Crippen molar-refractivity contribution in [1.82, 2.24) is 0 Å². The second-order valence-corrected chi connectivity index (χ2v) is 5.53. The minimum absolute atomic E-state index is 0.307. The topological polar surface area (TPSA) is 66.4 Å². The molecule has 2 fully saturated rings. The highest BCUT2D eigenvalue weighted by Gasteiger charge is 2.50. The number of fused-ring (bicyclic) bond motifs is 1. The summed E-state index contributed by atoms with van der Waals surface area (Å²) in [4.78, 5) is 0. The second kappa shape index (κ2) is 7.53. The van der Waals surface area contributed by atoms with Gasteiger partial charge in [0.1, 0.15) is 24.4 Å². The van der Waals surface area contributed by atoms with Gasteiger partial charge in [0.2, 0.25) is 0 Å². The lowest BCUT2D eigenvalue weighted by Gasteiger charge is -2.47. The Kier molecular flexibility index (Phi) is 5.42. The van der Waals surface area contributed by atoms with Gasteiger partial charge in [-0.2, -0.15) is 0 Å². The Morgan fingerprint density at radius 2 is 2.09 bits per heavy atom. The van der Waals surface area contributed by atoms with Crippen LogP contribution in [0.5, 0.6) is 0 Å². The molecular weight excluding hydrogens is 300 g/mol. The molecule has 1 aromatic carbocycles. The highest BCUT2D eigenvalue weighted by atomic mass is 16.8. The van der Waals surface area contributed by atoms with Gasteiger partial charge in [-0.15, -0.1) is 6.58 Å². The largest absolute Gasteiger partial charge is 0.385 e. The molecule has 0 saturated carbocycles. The van der Waals surface area contributed by atoms with Crippen LogP contribution in [0.3, 0.4) is 0 Å². The molecule has 2 heterocycles. The lowest BCUT2D eigenvalue weighted by molar-refractivity contribution is -0.362. The highest BCUT2D eigenvalue weighted by Crippen LogP contribution is 2.35. The first-order valence-electron chi connectivity index (χ1n) is 7.65. The van der Waals surface area contributed by atoms with Gasteiger partial charge in [0, 0.05) is 12.7 Å². The van der Waals surface area contributed by atoms with E-state index in [-0.39, 0.29) is 6.10 Å². The summed E-state index contributed by atoms with van der Waals surface area (Å²) in [6.45, 7) is 4.29. The molecule has 23 heavy (non-hydrogen) atoms. The predicted octanol–water partition coefficient (Wildman–Crippen LogP) is 1.40. The monoisotopic (exact) mass is 322 g/mol. The molecule has 3 rings (SSSR count). The molecule has 0 aromatic heterocycles. The summed E-state index contributed by atoms with van der Waals surface area (Å²) in [5.74, 6) is 0. The number of aliphatic hydroxyl groups is 1. The van der Waals surface area contributed by atoms with Gasteiger partial charge >= 0.3 is 0 Å². The van der Waals surface area contributed by atoms with Crippen molar-refractivity contribution in [2.45, 2.75) is 37.0 Å². The normalized spacial score (nSPS) is 37.1. The second-order valence-electron chi connectivity index (χ2n) is 5.53. The van der Waals surface area contributed by atoms with Crippen LogP contribution in [0.25, 0.3) is 0 Å². The fourth-order valence-electron chi connectivity index (χ4n) is 2.91. The molecule has 6 nitrogen and oxygen atoms in total. The number of hydrogen-bond donors (Lipinski definition) is 1. The molecule has 126 valence electrons. The number of benzene rings is 1. The van der Waals surface area contributed by atoms with Gasteiger partial charge in [0.05, 0.1) is 13.2 Å². The van der Waals surface area contributed by atoms with Gasteiger partial charge in [-0.3, -0.25) is 0 Å². The van der Waals surface area contributed by atoms with Crippen molar-refractivity contribution in [3.8, 4) is 0 Å². The third-order valence-electron chi connectivity index (χ3n) is 4.02. The third kappa shape index (κ3) is 3.47. The maximum Gasteiger partial charge on any atom is 0.186 e. The van der Waals surface area contributed by atoms with E-state index in [0.29, 0.717) is 13.2 Å². The maximum absolute atomic E-state index is 10.4. The van der Waals surface area contributed by atoms with E-state index in [9.17, 15) is 5.11 Å². The number of rotatable bonds is 5. The van der Waals surface area contributed by atoms with Crippen LogP contribution in [-0.2, 0) is 23.7 Å². The summed E-state index contributed by atoms with van der Waals surface area (Å²) in [6, 6.07) is 9.65. The third-order valence-corrected chi connectivity index (χ3v) is 4.02. The number of ether oxygens (including phenoxy) is 5. The summed E-state index contributed by atoms with van der Waals surface area (Å²) in [5, 5.41) is 10.4. The summed E-state index contributed by atoms with van der Waals surface area (Å²) < 4.78 is 28.4. The van der Waals surface area contributed by atoms with E-state index < -0.39 is 30.9 Å².